The van der Waals surface area contributed by atoms with Gasteiger partial charge < -0.3 is 15.1 Å². The molecule has 2 fully saturated rings. The van der Waals surface area contributed by atoms with Crippen LogP contribution in [0.15, 0.2) is 30.3 Å². The van der Waals surface area contributed by atoms with Gasteiger partial charge in [0.1, 0.15) is 0 Å². The molecule has 3 rings (SSSR count). The van der Waals surface area contributed by atoms with E-state index in [4.69, 9.17) is 0 Å². The van der Waals surface area contributed by atoms with Crippen LogP contribution in [0.5, 0.6) is 0 Å². The molecule has 2 atom stereocenters. The molecule has 1 aliphatic carbocycles. The highest BCUT2D eigenvalue weighted by molar-refractivity contribution is 5.20. The van der Waals surface area contributed by atoms with E-state index in [9.17, 15) is 0 Å². The molecule has 0 unspecified atom stereocenters. The van der Waals surface area contributed by atoms with Crippen LogP contribution in [0.4, 0.5) is 0 Å². The van der Waals surface area contributed by atoms with Crippen LogP contribution in [-0.4, -0.2) is 62.2 Å². The minimum atomic E-state index is 0.732. The Kier molecular flexibility index (Phi) is 6.49. The summed E-state index contributed by atoms with van der Waals surface area (Å²) in [5.74, 6) is 0.773. The van der Waals surface area contributed by atoms with Crippen LogP contribution in [0.25, 0.3) is 0 Å². The van der Waals surface area contributed by atoms with E-state index < -0.39 is 0 Å². The number of nitrogens with zero attached hydrogens (tertiary/aromatic N) is 2. The van der Waals surface area contributed by atoms with Gasteiger partial charge in [-0.15, -0.1) is 0 Å². The average molecular weight is 316 g/mol. The molecule has 1 aliphatic heterocycles. The zero-order valence-electron chi connectivity index (χ0n) is 14.7. The van der Waals surface area contributed by atoms with E-state index in [0.29, 0.717) is 0 Å². The Morgan fingerprint density at radius 2 is 1.91 bits per heavy atom. The monoisotopic (exact) mass is 315 g/mol. The Morgan fingerprint density at radius 1 is 1.04 bits per heavy atom. The molecule has 0 bridgehead atoms. The molecular formula is C20H33N3. The van der Waals surface area contributed by atoms with Crippen molar-refractivity contribution in [2.24, 2.45) is 0 Å². The highest BCUT2D eigenvalue weighted by Crippen LogP contribution is 2.34. The van der Waals surface area contributed by atoms with Gasteiger partial charge in [0.15, 0.2) is 0 Å². The first-order valence-electron chi connectivity index (χ1n) is 9.50. The van der Waals surface area contributed by atoms with E-state index in [1.165, 1.54) is 76.9 Å². The van der Waals surface area contributed by atoms with Crippen molar-refractivity contribution in [3.8, 4) is 0 Å². The maximum Gasteiger partial charge on any atom is 0.0109 e. The molecule has 3 heteroatoms. The minimum Gasteiger partial charge on any atom is -0.314 e. The second kappa shape index (κ2) is 8.81. The Labute approximate surface area is 142 Å². The van der Waals surface area contributed by atoms with E-state index in [1.54, 1.807) is 0 Å². The number of hydrogen-bond donors (Lipinski definition) is 1. The molecule has 23 heavy (non-hydrogen) atoms. The fraction of sp³-hybridized carbons (Fsp3) is 0.700. The van der Waals surface area contributed by atoms with E-state index in [1.807, 2.05) is 0 Å². The van der Waals surface area contributed by atoms with Crippen molar-refractivity contribution in [3.63, 3.8) is 0 Å². The van der Waals surface area contributed by atoms with E-state index in [0.717, 1.165) is 12.0 Å². The van der Waals surface area contributed by atoms with Crippen LogP contribution in [0.2, 0.25) is 0 Å². The zero-order valence-corrected chi connectivity index (χ0v) is 14.7. The molecule has 0 radical (unpaired) electrons. The molecule has 1 N–H and O–H groups in total. The topological polar surface area (TPSA) is 18.5 Å². The fourth-order valence-corrected chi connectivity index (χ4v) is 4.13. The molecular weight excluding hydrogens is 282 g/mol. The van der Waals surface area contributed by atoms with Gasteiger partial charge >= 0.3 is 0 Å². The summed E-state index contributed by atoms with van der Waals surface area (Å²) in [6.07, 6.45) is 6.62. The summed E-state index contributed by atoms with van der Waals surface area (Å²) < 4.78 is 0. The van der Waals surface area contributed by atoms with Crippen molar-refractivity contribution >= 4 is 0 Å². The molecule has 1 aromatic rings. The second-order valence-corrected chi connectivity index (χ2v) is 7.42. The molecule has 3 nitrogen and oxygen atoms in total. The largest absolute Gasteiger partial charge is 0.314 e. The van der Waals surface area contributed by atoms with E-state index in [-0.39, 0.29) is 0 Å². The summed E-state index contributed by atoms with van der Waals surface area (Å²) in [7, 11) is 2.24. The summed E-state index contributed by atoms with van der Waals surface area (Å²) >= 11 is 0. The van der Waals surface area contributed by atoms with Gasteiger partial charge in [-0.1, -0.05) is 30.3 Å². The Bertz CT molecular complexity index is 447. The number of benzene rings is 1. The lowest BCUT2D eigenvalue weighted by Gasteiger charge is -2.21. The highest BCUT2D eigenvalue weighted by atomic mass is 15.2. The summed E-state index contributed by atoms with van der Waals surface area (Å²) in [5, 5.41) is 3.81. The van der Waals surface area contributed by atoms with Gasteiger partial charge in [-0.25, -0.2) is 0 Å². The average Bonchev–Trinajstić information content (AvgIpc) is 2.96. The minimum absolute atomic E-state index is 0.732. The van der Waals surface area contributed by atoms with E-state index >= 15 is 0 Å². The summed E-state index contributed by atoms with van der Waals surface area (Å²) in [6, 6.07) is 11.8. The van der Waals surface area contributed by atoms with Gasteiger partial charge in [-0.05, 0) is 76.8 Å². The Hall–Kier alpha value is -0.900. The van der Waals surface area contributed by atoms with Gasteiger partial charge in [0, 0.05) is 19.1 Å². The van der Waals surface area contributed by atoms with Gasteiger partial charge in [0.25, 0.3) is 0 Å². The molecule has 0 aromatic heterocycles. The normalized spacial score (nSPS) is 27.2. The number of rotatable bonds is 6. The highest BCUT2D eigenvalue weighted by Gasteiger charge is 2.25. The molecule has 1 heterocycles. The summed E-state index contributed by atoms with van der Waals surface area (Å²) in [5.41, 5.74) is 1.53. The number of nitrogens with one attached hydrogen (secondary N) is 1. The van der Waals surface area contributed by atoms with Gasteiger partial charge in [-0.3, -0.25) is 0 Å². The first-order chi connectivity index (χ1) is 11.3. The van der Waals surface area contributed by atoms with Crippen LogP contribution in [0.1, 0.15) is 43.6 Å². The van der Waals surface area contributed by atoms with Crippen LogP contribution >= 0.6 is 0 Å². The standard InChI is InChI=1S/C20H33N3/c1-22-12-6-14-23(16-15-22)13-5-11-21-20-10-9-19(17-20)18-7-3-2-4-8-18/h2-4,7-8,19-21H,5-6,9-17H2,1H3/t19-,20-/m0/s1. The zero-order chi connectivity index (χ0) is 15.9. The predicted octanol–water partition coefficient (Wildman–Crippen LogP) is 2.94. The lowest BCUT2D eigenvalue weighted by molar-refractivity contribution is 0.271. The third-order valence-electron chi connectivity index (χ3n) is 5.60. The van der Waals surface area contributed by atoms with Crippen LogP contribution in [0, 0.1) is 0 Å². The summed E-state index contributed by atoms with van der Waals surface area (Å²) in [4.78, 5) is 5.10. The molecule has 1 aromatic carbocycles. The van der Waals surface area contributed by atoms with Gasteiger partial charge in [0.2, 0.25) is 0 Å². The van der Waals surface area contributed by atoms with Crippen molar-refractivity contribution < 1.29 is 0 Å². The van der Waals surface area contributed by atoms with Crippen molar-refractivity contribution in [2.75, 3.05) is 46.3 Å². The maximum absolute atomic E-state index is 3.81. The fourth-order valence-electron chi connectivity index (χ4n) is 4.13. The Balaban J connectivity index is 1.31. The number of likely N-dealkylation sites (N-methyl/N-ethyl adjacent to an activating group) is 1. The molecule has 1 saturated carbocycles. The van der Waals surface area contributed by atoms with Crippen LogP contribution in [-0.2, 0) is 0 Å². The van der Waals surface area contributed by atoms with Crippen LogP contribution < -0.4 is 5.32 Å². The van der Waals surface area contributed by atoms with Gasteiger partial charge in [0.05, 0.1) is 0 Å². The van der Waals surface area contributed by atoms with Crippen molar-refractivity contribution in [1.29, 1.82) is 0 Å². The van der Waals surface area contributed by atoms with Crippen LogP contribution in [0.3, 0.4) is 0 Å². The van der Waals surface area contributed by atoms with E-state index in [2.05, 4.69) is 52.5 Å². The van der Waals surface area contributed by atoms with Crippen molar-refractivity contribution in [1.82, 2.24) is 15.1 Å². The first kappa shape index (κ1) is 16.9. The third-order valence-corrected chi connectivity index (χ3v) is 5.60. The molecule has 0 spiro atoms. The molecule has 1 saturated heterocycles. The SMILES string of the molecule is CN1CCCN(CCCN[C@H]2CC[C@H](c3ccccc3)C2)CC1. The molecule has 0 amide bonds. The first-order valence-corrected chi connectivity index (χ1v) is 9.50. The van der Waals surface area contributed by atoms with Crippen molar-refractivity contribution in [3.05, 3.63) is 35.9 Å². The lowest BCUT2D eigenvalue weighted by atomic mass is 9.98. The van der Waals surface area contributed by atoms with Crippen molar-refractivity contribution in [2.45, 2.75) is 44.1 Å². The smallest absolute Gasteiger partial charge is 0.0109 e. The molecule has 2 aliphatic rings. The quantitative estimate of drug-likeness (QED) is 0.814. The predicted molar refractivity (Wildman–Crippen MR) is 98.0 cm³/mol. The summed E-state index contributed by atoms with van der Waals surface area (Å²) in [6.45, 7) is 7.46. The Morgan fingerprint density at radius 3 is 2.78 bits per heavy atom. The lowest BCUT2D eigenvalue weighted by Crippen LogP contribution is -2.33. The maximum atomic E-state index is 3.81. The third kappa shape index (κ3) is 5.30. The second-order valence-electron chi connectivity index (χ2n) is 7.42. The molecule has 128 valence electrons. The number of hydrogen-bond acceptors (Lipinski definition) is 3. The van der Waals surface area contributed by atoms with Gasteiger partial charge in [-0.2, -0.15) is 0 Å².